The van der Waals surface area contributed by atoms with E-state index in [1.54, 1.807) is 0 Å². The predicted molar refractivity (Wildman–Crippen MR) is 215 cm³/mol. The smallest absolute Gasteiger partial charge is 0.364 e. The number of hydrogen-bond acceptors (Lipinski definition) is 31. The summed E-state index contributed by atoms with van der Waals surface area (Å²) >= 11 is 0. The number of hydrogen-bond donors (Lipinski definition) is 20. The third kappa shape index (κ3) is 12.0. The van der Waals surface area contributed by atoms with Gasteiger partial charge in [-0.25, -0.2) is 4.79 Å². The third-order valence-corrected chi connectivity index (χ3v) is 13.2. The lowest BCUT2D eigenvalue weighted by molar-refractivity contribution is -0.374. The van der Waals surface area contributed by atoms with E-state index in [1.807, 2.05) is 0 Å². The van der Waals surface area contributed by atoms with Gasteiger partial charge in [0.15, 0.2) is 31.5 Å². The second kappa shape index (κ2) is 23.9. The van der Waals surface area contributed by atoms with Crippen LogP contribution in [0.4, 0.5) is 0 Å². The molecular formula is C38H67N3O29. The molecule has 0 spiro atoms. The molecule has 30 atom stereocenters. The van der Waals surface area contributed by atoms with E-state index < -0.39 is 229 Å². The highest BCUT2D eigenvalue weighted by Gasteiger charge is 2.58. The summed E-state index contributed by atoms with van der Waals surface area (Å²) in [6.45, 7) is -2.76. The van der Waals surface area contributed by atoms with Gasteiger partial charge in [-0.1, -0.05) is 0 Å². The predicted octanol–water partition coefficient (Wildman–Crippen LogP) is -13.3. The van der Waals surface area contributed by atoms with E-state index in [9.17, 15) is 91.6 Å². The summed E-state index contributed by atoms with van der Waals surface area (Å²) in [7, 11) is 0. The second-order valence-corrected chi connectivity index (χ2v) is 18.1. The van der Waals surface area contributed by atoms with Crippen LogP contribution in [-0.4, -0.2) is 309 Å². The van der Waals surface area contributed by atoms with Crippen LogP contribution < -0.4 is 17.2 Å². The summed E-state index contributed by atoms with van der Waals surface area (Å²) in [6.07, 6.45) is -46.9. The standard InChI is InChI=1S/C38H67N3O29/c1-8-18(45)24(51)27(54)34(64-8)61-5-12-21(48)25(52)28(55)35(67-12)62-6-13-22(49)26(53)29(56)36(68-13)69-30-9(43)2-38(37(58)59,70-31(30)10(44)3-42)63-7-14-19(46)15(39)16(40)33(66-14)60-4-11-20(47)23(50)17(41)32(57)65-11/h8-36,42-57H,2-7,39-41H2,1H3,(H,58,59)/t8-,9-,10-,11-,12-,13-,14-,15-,16-,17-,18-,19-,20-,21-,22-,23-,24+,25+,26+,27+,28+,29+,30-,31-,32+,33-,34+,35+,36-,38-/m1/s1. The molecule has 70 heavy (non-hydrogen) atoms. The average molecular weight is 1030 g/mol. The van der Waals surface area contributed by atoms with Crippen molar-refractivity contribution < 1.29 is 144 Å². The van der Waals surface area contributed by atoms with E-state index in [0.29, 0.717) is 0 Å². The maximum atomic E-state index is 12.9. The summed E-state index contributed by atoms with van der Waals surface area (Å²) in [5, 5.41) is 179. The number of carboxylic acid groups (broad SMARTS) is 1. The van der Waals surface area contributed by atoms with Gasteiger partial charge in [0.05, 0.1) is 69.5 Å². The molecule has 6 rings (SSSR count). The Hall–Kier alpha value is -1.73. The molecule has 0 radical (unpaired) electrons. The zero-order chi connectivity index (χ0) is 51.8. The Morgan fingerprint density at radius 3 is 1.57 bits per heavy atom. The van der Waals surface area contributed by atoms with Crippen molar-refractivity contribution in [3.05, 3.63) is 0 Å². The molecule has 0 amide bonds. The van der Waals surface area contributed by atoms with Crippen LogP contribution in [0, 0.1) is 0 Å². The number of rotatable bonds is 17. The maximum absolute atomic E-state index is 12.9. The molecular weight excluding hydrogens is 962 g/mol. The van der Waals surface area contributed by atoms with E-state index >= 15 is 0 Å². The summed E-state index contributed by atoms with van der Waals surface area (Å²) in [4.78, 5) is 12.9. The number of aliphatic carboxylic acids is 1. The summed E-state index contributed by atoms with van der Waals surface area (Å²) in [5.41, 5.74) is 17.8. The zero-order valence-electron chi connectivity index (χ0n) is 37.2. The van der Waals surface area contributed by atoms with Crippen LogP contribution in [0.15, 0.2) is 0 Å². The molecule has 32 heteroatoms. The molecule has 6 aliphatic rings. The molecule has 0 aromatic carbocycles. The minimum atomic E-state index is -2.93. The Kier molecular flexibility index (Phi) is 19.6. The molecule has 6 fully saturated rings. The summed E-state index contributed by atoms with van der Waals surface area (Å²) < 4.78 is 61.1. The van der Waals surface area contributed by atoms with Crippen LogP contribution >= 0.6 is 0 Å². The first-order valence-corrected chi connectivity index (χ1v) is 22.2. The van der Waals surface area contributed by atoms with Crippen LogP contribution in [0.3, 0.4) is 0 Å². The minimum absolute atomic E-state index is 0.579. The van der Waals surface area contributed by atoms with Gasteiger partial charge in [0.25, 0.3) is 5.79 Å². The Labute approximate surface area is 396 Å². The molecule has 0 aliphatic carbocycles. The van der Waals surface area contributed by atoms with Gasteiger partial charge in [-0.15, -0.1) is 0 Å². The van der Waals surface area contributed by atoms with Crippen LogP contribution in [-0.2, 0) is 56.9 Å². The van der Waals surface area contributed by atoms with Crippen molar-refractivity contribution in [2.75, 3.05) is 33.0 Å². The highest BCUT2D eigenvalue weighted by Crippen LogP contribution is 2.38. The fourth-order valence-electron chi connectivity index (χ4n) is 8.65. The number of nitrogens with two attached hydrogens (primary N) is 3. The maximum Gasteiger partial charge on any atom is 0.364 e. The zero-order valence-corrected chi connectivity index (χ0v) is 37.2. The van der Waals surface area contributed by atoms with E-state index in [2.05, 4.69) is 0 Å². The van der Waals surface area contributed by atoms with Gasteiger partial charge >= 0.3 is 5.97 Å². The first-order valence-electron chi connectivity index (χ1n) is 22.2. The lowest BCUT2D eigenvalue weighted by Crippen LogP contribution is -2.68. The van der Waals surface area contributed by atoms with E-state index in [1.165, 1.54) is 6.92 Å². The quantitative estimate of drug-likeness (QED) is 0.0643. The Morgan fingerprint density at radius 2 is 1.01 bits per heavy atom. The average Bonchev–Trinajstić information content (AvgIpc) is 3.33. The fraction of sp³-hybridized carbons (Fsp3) is 0.974. The summed E-state index contributed by atoms with van der Waals surface area (Å²) in [5.74, 6) is -4.85. The van der Waals surface area contributed by atoms with Crippen molar-refractivity contribution in [2.45, 2.75) is 197 Å². The number of aliphatic hydroxyl groups is 16. The second-order valence-electron chi connectivity index (χ2n) is 18.1. The third-order valence-electron chi connectivity index (χ3n) is 13.2. The van der Waals surface area contributed by atoms with E-state index in [0.717, 1.165) is 0 Å². The monoisotopic (exact) mass is 1030 g/mol. The van der Waals surface area contributed by atoms with Gasteiger partial charge in [-0.05, 0) is 6.92 Å². The largest absolute Gasteiger partial charge is 0.477 e. The molecule has 23 N–H and O–H groups in total. The molecule has 0 unspecified atom stereocenters. The summed E-state index contributed by atoms with van der Waals surface area (Å²) in [6, 6.07) is -3.97. The Balaban J connectivity index is 1.09. The molecule has 0 aromatic heterocycles. The normalized spacial score (nSPS) is 52.0. The number of carboxylic acids is 1. The molecule has 32 nitrogen and oxygen atoms in total. The van der Waals surface area contributed by atoms with Crippen molar-refractivity contribution in [3.8, 4) is 0 Å². The first kappa shape index (κ1) is 57.5. The molecule has 0 aromatic rings. The van der Waals surface area contributed by atoms with Crippen molar-refractivity contribution in [3.63, 3.8) is 0 Å². The Bertz CT molecular complexity index is 1670. The van der Waals surface area contributed by atoms with Crippen LogP contribution in [0.25, 0.3) is 0 Å². The molecule has 0 bridgehead atoms. The molecule has 408 valence electrons. The lowest BCUT2D eigenvalue weighted by Gasteiger charge is -2.49. The van der Waals surface area contributed by atoms with E-state index in [-0.39, 0.29) is 0 Å². The van der Waals surface area contributed by atoms with Gasteiger partial charge in [0.2, 0.25) is 0 Å². The van der Waals surface area contributed by atoms with Gasteiger partial charge in [-0.3, -0.25) is 0 Å². The van der Waals surface area contributed by atoms with E-state index in [4.69, 9.17) is 69.3 Å². The SMILES string of the molecule is C[C@H]1O[C@H](OC[C@H]2O[C@H](OC[C@H]3O[C@H](O[C@H]4[C@@H]([C@H](O)CO)O[C@@](OC[C@H]5O[C@@H](OC[C@H]6O[C@H](O)[C@H](N)[C@@H](O)[C@@H]6O)[C@H](N)[C@@H](N)[C@@H]5O)(C(=O)O)C[C@H]4O)[C@@H](O)[C@@H](O)[C@@H]3O)[C@@H](O)[C@@H](O)[C@@H]2O)[C@@H](O)[C@@H](O)[C@@H]1O. The number of aliphatic hydroxyl groups excluding tert-OH is 16. The van der Waals surface area contributed by atoms with Gasteiger partial charge in [0.1, 0.15) is 110 Å². The van der Waals surface area contributed by atoms with Crippen molar-refractivity contribution >= 4 is 5.97 Å². The number of carbonyl (C=O) groups is 1. The highest BCUT2D eigenvalue weighted by atomic mass is 16.8. The van der Waals surface area contributed by atoms with Crippen LogP contribution in [0.2, 0.25) is 0 Å². The van der Waals surface area contributed by atoms with Gasteiger partial charge in [-0.2, -0.15) is 0 Å². The minimum Gasteiger partial charge on any atom is -0.477 e. The lowest BCUT2D eigenvalue weighted by atomic mass is 9.91. The van der Waals surface area contributed by atoms with Crippen LogP contribution in [0.1, 0.15) is 13.3 Å². The number of ether oxygens (including phenoxy) is 11. The molecule has 6 saturated heterocycles. The molecule has 6 heterocycles. The fourth-order valence-corrected chi connectivity index (χ4v) is 8.65. The highest BCUT2D eigenvalue weighted by molar-refractivity contribution is 5.76. The Morgan fingerprint density at radius 1 is 0.557 bits per heavy atom. The first-order chi connectivity index (χ1) is 32.8. The molecule has 0 saturated carbocycles. The topological polar surface area (TPSA) is 541 Å². The van der Waals surface area contributed by atoms with Crippen LogP contribution in [0.5, 0.6) is 0 Å². The molecule has 6 aliphatic heterocycles. The van der Waals surface area contributed by atoms with Crippen molar-refractivity contribution in [2.24, 2.45) is 17.2 Å². The van der Waals surface area contributed by atoms with Gasteiger partial charge in [0, 0.05) is 6.42 Å². The van der Waals surface area contributed by atoms with Gasteiger partial charge < -0.3 is 156 Å². The van der Waals surface area contributed by atoms with Crippen molar-refractivity contribution in [1.29, 1.82) is 0 Å². The van der Waals surface area contributed by atoms with Crippen molar-refractivity contribution in [1.82, 2.24) is 0 Å².